The van der Waals surface area contributed by atoms with Crippen molar-refractivity contribution < 1.29 is 9.63 Å². The van der Waals surface area contributed by atoms with Crippen molar-refractivity contribution >= 4 is 22.6 Å². The molecule has 0 N–H and O–H groups in total. The second-order valence-corrected chi connectivity index (χ2v) is 3.49. The maximum absolute atomic E-state index is 10.8. The molecule has 0 rings (SSSR count). The van der Waals surface area contributed by atoms with Gasteiger partial charge in [-0.2, -0.15) is 5.26 Å². The van der Waals surface area contributed by atoms with E-state index in [9.17, 15) is 4.79 Å². The topological polar surface area (TPSA) is 62.4 Å². The summed E-state index contributed by atoms with van der Waals surface area (Å²) in [6, 6.07) is 1.90. The average molecular weight is 217 g/mol. The lowest BCUT2D eigenvalue weighted by atomic mass is 10.1. The van der Waals surface area contributed by atoms with Crippen LogP contribution in [0, 0.1) is 17.2 Å². The second kappa shape index (κ2) is 7.34. The predicted molar refractivity (Wildman–Crippen MR) is 53.9 cm³/mol. The van der Waals surface area contributed by atoms with Crippen molar-refractivity contribution in [3.63, 3.8) is 0 Å². The molecular weight excluding hydrogens is 204 g/mol. The van der Waals surface area contributed by atoms with E-state index in [0.29, 0.717) is 6.42 Å². The zero-order valence-electron chi connectivity index (χ0n) is 8.29. The lowest BCUT2D eigenvalue weighted by molar-refractivity contribution is -0.106. The maximum atomic E-state index is 10.8. The Morgan fingerprint density at radius 2 is 2.29 bits per heavy atom. The number of hydrogen-bond donors (Lipinski definition) is 0. The Kier molecular flexibility index (Phi) is 6.77. The van der Waals surface area contributed by atoms with Crippen LogP contribution < -0.4 is 0 Å². The number of carbonyl (C=O) groups is 1. The van der Waals surface area contributed by atoms with Crippen LogP contribution in [-0.2, 0) is 9.63 Å². The van der Waals surface area contributed by atoms with Gasteiger partial charge in [-0.3, -0.25) is 4.79 Å². The van der Waals surface area contributed by atoms with Gasteiger partial charge in [0.15, 0.2) is 0 Å². The van der Waals surface area contributed by atoms with Gasteiger partial charge in [0.25, 0.3) is 5.24 Å². The standard InChI is InChI=1S/C9H13ClN2O2/c1-7(2)6-8(9(10)13)12-14-5-3-4-11/h7H,3,5-6H2,1-2H3/b12-8+. The molecule has 0 unspecified atom stereocenters. The molecule has 0 saturated heterocycles. The van der Waals surface area contributed by atoms with E-state index in [1.807, 2.05) is 19.9 Å². The molecular formula is C9H13ClN2O2. The van der Waals surface area contributed by atoms with Crippen LogP contribution in [0.5, 0.6) is 0 Å². The number of rotatable bonds is 6. The van der Waals surface area contributed by atoms with E-state index in [4.69, 9.17) is 21.7 Å². The van der Waals surface area contributed by atoms with Crippen LogP contribution >= 0.6 is 11.6 Å². The maximum Gasteiger partial charge on any atom is 0.270 e. The predicted octanol–water partition coefficient (Wildman–Crippen LogP) is 2.08. The minimum Gasteiger partial charge on any atom is -0.394 e. The lowest BCUT2D eigenvalue weighted by Crippen LogP contribution is -2.11. The van der Waals surface area contributed by atoms with E-state index < -0.39 is 5.24 Å². The van der Waals surface area contributed by atoms with Gasteiger partial charge < -0.3 is 4.84 Å². The fourth-order valence-electron chi connectivity index (χ4n) is 0.755. The Hall–Kier alpha value is -1.08. The normalized spacial score (nSPS) is 11.2. The fraction of sp³-hybridized carbons (Fsp3) is 0.667. The molecule has 0 amide bonds. The number of nitrogens with zero attached hydrogens (tertiary/aromatic N) is 2. The highest BCUT2D eigenvalue weighted by molar-refractivity contribution is 6.82. The highest BCUT2D eigenvalue weighted by Gasteiger charge is 2.11. The molecule has 14 heavy (non-hydrogen) atoms. The van der Waals surface area contributed by atoms with Crippen LogP contribution in [0.3, 0.4) is 0 Å². The first kappa shape index (κ1) is 12.9. The summed E-state index contributed by atoms with van der Waals surface area (Å²) in [5.74, 6) is 0.288. The Bertz CT molecular complexity index is 256. The number of halogens is 1. The molecule has 0 atom stereocenters. The molecule has 0 aliphatic heterocycles. The first-order valence-electron chi connectivity index (χ1n) is 4.33. The largest absolute Gasteiger partial charge is 0.394 e. The van der Waals surface area contributed by atoms with Crippen molar-refractivity contribution in [2.75, 3.05) is 6.61 Å². The van der Waals surface area contributed by atoms with Crippen LogP contribution in [0.1, 0.15) is 26.7 Å². The third kappa shape index (κ3) is 6.44. The van der Waals surface area contributed by atoms with Gasteiger partial charge in [0.2, 0.25) is 0 Å². The Morgan fingerprint density at radius 3 is 2.71 bits per heavy atom. The van der Waals surface area contributed by atoms with Gasteiger partial charge in [-0.25, -0.2) is 0 Å². The van der Waals surface area contributed by atoms with Gasteiger partial charge in [-0.15, -0.1) is 0 Å². The van der Waals surface area contributed by atoms with Gasteiger partial charge in [-0.1, -0.05) is 19.0 Å². The minimum absolute atomic E-state index is 0.183. The Labute approximate surface area is 88.5 Å². The fourth-order valence-corrected chi connectivity index (χ4v) is 0.867. The van der Waals surface area contributed by atoms with Crippen molar-refractivity contribution in [3.05, 3.63) is 0 Å². The highest BCUT2D eigenvalue weighted by atomic mass is 35.5. The van der Waals surface area contributed by atoms with Crippen LogP contribution in [0.25, 0.3) is 0 Å². The van der Waals surface area contributed by atoms with Crippen molar-refractivity contribution in [2.24, 2.45) is 11.1 Å². The molecule has 0 heterocycles. The Morgan fingerprint density at radius 1 is 1.64 bits per heavy atom. The smallest absolute Gasteiger partial charge is 0.270 e. The molecule has 0 radical (unpaired) electrons. The van der Waals surface area contributed by atoms with Gasteiger partial charge >= 0.3 is 0 Å². The summed E-state index contributed by atoms with van der Waals surface area (Å²) in [6.45, 7) is 4.08. The molecule has 4 nitrogen and oxygen atoms in total. The summed E-state index contributed by atoms with van der Waals surface area (Å²) in [5.41, 5.74) is 0.208. The molecule has 78 valence electrons. The van der Waals surface area contributed by atoms with Crippen molar-refractivity contribution in [1.82, 2.24) is 0 Å². The summed E-state index contributed by atoms with van der Waals surface area (Å²) >= 11 is 5.29. The van der Waals surface area contributed by atoms with Gasteiger partial charge in [0.05, 0.1) is 12.5 Å². The van der Waals surface area contributed by atoms with Gasteiger partial charge in [-0.05, 0) is 17.5 Å². The summed E-state index contributed by atoms with van der Waals surface area (Å²) in [5, 5.41) is 11.2. The number of hydrogen-bond acceptors (Lipinski definition) is 4. The SMILES string of the molecule is CC(C)C/C(=N\OCCC#N)C(=O)Cl. The van der Waals surface area contributed by atoms with Crippen molar-refractivity contribution in [2.45, 2.75) is 26.7 Å². The van der Waals surface area contributed by atoms with Crippen molar-refractivity contribution in [1.29, 1.82) is 5.26 Å². The zero-order valence-corrected chi connectivity index (χ0v) is 9.04. The molecule has 0 fully saturated rings. The van der Waals surface area contributed by atoms with Crippen molar-refractivity contribution in [3.8, 4) is 6.07 Å². The summed E-state index contributed by atoms with van der Waals surface area (Å²) in [7, 11) is 0. The third-order valence-electron chi connectivity index (χ3n) is 1.31. The molecule has 0 saturated carbocycles. The van der Waals surface area contributed by atoms with Crippen LogP contribution in [0.2, 0.25) is 0 Å². The minimum atomic E-state index is -0.601. The highest BCUT2D eigenvalue weighted by Crippen LogP contribution is 2.04. The second-order valence-electron chi connectivity index (χ2n) is 3.15. The molecule has 0 aliphatic rings. The van der Waals surface area contributed by atoms with Gasteiger partial charge in [0, 0.05) is 6.42 Å². The molecule has 0 aromatic rings. The molecule has 0 aliphatic carbocycles. The number of carbonyl (C=O) groups excluding carboxylic acids is 1. The van der Waals surface area contributed by atoms with Crippen LogP contribution in [-0.4, -0.2) is 17.6 Å². The van der Waals surface area contributed by atoms with Gasteiger partial charge in [0.1, 0.15) is 12.3 Å². The third-order valence-corrected chi connectivity index (χ3v) is 1.53. The summed E-state index contributed by atoms with van der Waals surface area (Å²) < 4.78 is 0. The van der Waals surface area contributed by atoms with E-state index in [2.05, 4.69) is 5.16 Å². The first-order valence-corrected chi connectivity index (χ1v) is 4.71. The van der Waals surface area contributed by atoms with E-state index in [1.165, 1.54) is 0 Å². The molecule has 0 aromatic heterocycles. The molecule has 5 heteroatoms. The molecule has 0 spiro atoms. The monoisotopic (exact) mass is 216 g/mol. The summed E-state index contributed by atoms with van der Waals surface area (Å²) in [6.07, 6.45) is 0.726. The van der Waals surface area contributed by atoms with E-state index >= 15 is 0 Å². The van der Waals surface area contributed by atoms with E-state index in [0.717, 1.165) is 0 Å². The lowest BCUT2D eigenvalue weighted by Gasteiger charge is -2.03. The quantitative estimate of drug-likeness (QED) is 0.296. The van der Waals surface area contributed by atoms with E-state index in [-0.39, 0.29) is 24.7 Å². The first-order chi connectivity index (χ1) is 6.57. The molecule has 0 aromatic carbocycles. The Balaban J connectivity index is 4.07. The average Bonchev–Trinajstić information content (AvgIpc) is 2.09. The number of nitriles is 1. The van der Waals surface area contributed by atoms with Crippen LogP contribution in [0.15, 0.2) is 5.16 Å². The molecule has 0 bridgehead atoms. The van der Waals surface area contributed by atoms with Crippen LogP contribution in [0.4, 0.5) is 0 Å². The number of oxime groups is 1. The zero-order chi connectivity index (χ0) is 11.0. The summed E-state index contributed by atoms with van der Waals surface area (Å²) in [4.78, 5) is 15.6. The van der Waals surface area contributed by atoms with E-state index in [1.54, 1.807) is 0 Å².